The minimum atomic E-state index is -0.439. The van der Waals surface area contributed by atoms with Crippen molar-refractivity contribution >= 4 is 11.9 Å². The van der Waals surface area contributed by atoms with Crippen LogP contribution in [0, 0.1) is 11.3 Å². The molecule has 2 rings (SSSR count). The Morgan fingerprint density at radius 3 is 2.28 bits per heavy atom. The van der Waals surface area contributed by atoms with Crippen LogP contribution in [-0.2, 0) is 9.53 Å². The molecule has 1 saturated carbocycles. The Hall–Kier alpha value is -1.06. The van der Waals surface area contributed by atoms with Crippen molar-refractivity contribution in [2.75, 3.05) is 13.1 Å². The van der Waals surface area contributed by atoms with Crippen LogP contribution in [0.2, 0.25) is 0 Å². The Morgan fingerprint density at radius 1 is 1.33 bits per heavy atom. The Morgan fingerprint density at radius 2 is 1.89 bits per heavy atom. The summed E-state index contributed by atoms with van der Waals surface area (Å²) in [4.78, 5) is 25.1. The molecule has 0 bridgehead atoms. The predicted octanol–water partition coefficient (Wildman–Crippen LogP) is 2.61. The van der Waals surface area contributed by atoms with E-state index in [2.05, 4.69) is 0 Å². The van der Waals surface area contributed by atoms with Gasteiger partial charge in [-0.05, 0) is 39.0 Å². The van der Waals surface area contributed by atoms with E-state index < -0.39 is 5.60 Å². The highest BCUT2D eigenvalue weighted by Gasteiger charge is 2.52. The van der Waals surface area contributed by atoms with Gasteiger partial charge < -0.3 is 9.64 Å². The van der Waals surface area contributed by atoms with Crippen LogP contribution in [0.25, 0.3) is 0 Å². The topological polar surface area (TPSA) is 46.6 Å². The van der Waals surface area contributed by atoms with Crippen molar-refractivity contribution in [3.8, 4) is 0 Å². The first kappa shape index (κ1) is 13.4. The van der Waals surface area contributed by atoms with Crippen LogP contribution in [0.4, 0.5) is 4.79 Å². The summed E-state index contributed by atoms with van der Waals surface area (Å²) < 4.78 is 5.37. The third kappa shape index (κ3) is 2.38. The highest BCUT2D eigenvalue weighted by molar-refractivity contribution is 5.88. The molecule has 0 aromatic carbocycles. The number of nitrogens with zero attached hydrogens (tertiary/aromatic N) is 1. The van der Waals surface area contributed by atoms with Gasteiger partial charge in [-0.3, -0.25) is 4.79 Å². The van der Waals surface area contributed by atoms with E-state index in [0.29, 0.717) is 25.3 Å². The summed E-state index contributed by atoms with van der Waals surface area (Å²) in [6, 6.07) is 0. The number of piperidine rings is 1. The van der Waals surface area contributed by atoms with E-state index in [-0.39, 0.29) is 17.4 Å². The number of ether oxygens (including phenoxy) is 1. The molecule has 0 aromatic rings. The maximum atomic E-state index is 11.9. The zero-order chi connectivity index (χ0) is 13.6. The molecule has 2 aliphatic rings. The van der Waals surface area contributed by atoms with Crippen LogP contribution in [0.15, 0.2) is 0 Å². The molecule has 4 nitrogen and oxygen atoms in total. The number of Topliss-reactive ketones (excluding diaryl/α,β-unsaturated/α-hetero) is 1. The van der Waals surface area contributed by atoms with Crippen molar-refractivity contribution in [2.45, 2.75) is 52.6 Å². The van der Waals surface area contributed by atoms with Crippen LogP contribution in [0.3, 0.4) is 0 Å². The molecular formula is C14H23NO3. The molecule has 1 spiro atoms. The molecule has 1 aliphatic carbocycles. The molecule has 0 aromatic heterocycles. The Bertz CT molecular complexity index is 362. The summed E-state index contributed by atoms with van der Waals surface area (Å²) >= 11 is 0. The third-order valence-electron chi connectivity index (χ3n) is 4.34. The Kier molecular flexibility index (Phi) is 3.16. The minimum Gasteiger partial charge on any atom is -0.444 e. The highest BCUT2D eigenvalue weighted by Crippen LogP contribution is 2.51. The quantitative estimate of drug-likeness (QED) is 0.666. The van der Waals surface area contributed by atoms with Crippen molar-refractivity contribution in [1.82, 2.24) is 4.90 Å². The average molecular weight is 253 g/mol. The summed E-state index contributed by atoms with van der Waals surface area (Å²) in [7, 11) is 0. The largest absolute Gasteiger partial charge is 0.444 e. The standard InChI is InChI=1S/C14H23NO3/c1-10-11(16)9-14(10)5-7-15(8-6-14)12(17)18-13(2,3)4/h10H,5-9H2,1-4H3. The molecular weight excluding hydrogens is 230 g/mol. The molecule has 0 radical (unpaired) electrons. The predicted molar refractivity (Wildman–Crippen MR) is 68.3 cm³/mol. The maximum absolute atomic E-state index is 11.9. The van der Waals surface area contributed by atoms with Crippen molar-refractivity contribution in [3.05, 3.63) is 0 Å². The van der Waals surface area contributed by atoms with Gasteiger partial charge in [-0.1, -0.05) is 6.92 Å². The van der Waals surface area contributed by atoms with Gasteiger partial charge in [-0.2, -0.15) is 0 Å². The monoisotopic (exact) mass is 253 g/mol. The van der Waals surface area contributed by atoms with Crippen LogP contribution < -0.4 is 0 Å². The molecule has 1 atom stereocenters. The highest BCUT2D eigenvalue weighted by atomic mass is 16.6. The second kappa shape index (κ2) is 4.25. The van der Waals surface area contributed by atoms with E-state index in [0.717, 1.165) is 12.8 Å². The molecule has 2 fully saturated rings. The molecule has 1 amide bonds. The van der Waals surface area contributed by atoms with E-state index in [1.54, 1.807) is 4.90 Å². The van der Waals surface area contributed by atoms with E-state index >= 15 is 0 Å². The van der Waals surface area contributed by atoms with Crippen LogP contribution >= 0.6 is 0 Å². The lowest BCUT2D eigenvalue weighted by Gasteiger charge is -2.51. The second-order valence-electron chi connectivity index (χ2n) is 6.69. The fourth-order valence-electron chi connectivity index (χ4n) is 2.93. The number of hydrogen-bond acceptors (Lipinski definition) is 3. The Labute approximate surface area is 109 Å². The first-order chi connectivity index (χ1) is 8.23. The fraction of sp³-hybridized carbons (Fsp3) is 0.857. The average Bonchev–Trinajstić information content (AvgIpc) is 2.27. The SMILES string of the molecule is CC1C(=O)CC12CCN(C(=O)OC(C)(C)C)CC2. The molecule has 1 heterocycles. The minimum absolute atomic E-state index is 0.176. The van der Waals surface area contributed by atoms with Crippen LogP contribution in [0.1, 0.15) is 47.0 Å². The lowest BCUT2D eigenvalue weighted by atomic mass is 9.55. The van der Waals surface area contributed by atoms with Gasteiger partial charge in [-0.25, -0.2) is 4.79 Å². The molecule has 102 valence electrons. The van der Waals surface area contributed by atoms with Gasteiger partial charge in [0.15, 0.2) is 0 Å². The first-order valence-electron chi connectivity index (χ1n) is 6.74. The first-order valence-corrected chi connectivity index (χ1v) is 6.74. The van der Waals surface area contributed by atoms with Crippen LogP contribution in [-0.4, -0.2) is 35.5 Å². The van der Waals surface area contributed by atoms with E-state index in [1.807, 2.05) is 27.7 Å². The van der Waals surface area contributed by atoms with E-state index in [9.17, 15) is 9.59 Å². The normalized spacial score (nSPS) is 27.0. The third-order valence-corrected chi connectivity index (χ3v) is 4.34. The molecule has 1 unspecified atom stereocenters. The molecule has 4 heteroatoms. The fourth-order valence-corrected chi connectivity index (χ4v) is 2.93. The lowest BCUT2D eigenvalue weighted by Crippen LogP contribution is -2.54. The number of ketones is 1. The van der Waals surface area contributed by atoms with E-state index in [4.69, 9.17) is 4.74 Å². The van der Waals surface area contributed by atoms with Gasteiger partial charge in [-0.15, -0.1) is 0 Å². The van der Waals surface area contributed by atoms with Crippen LogP contribution in [0.5, 0.6) is 0 Å². The van der Waals surface area contributed by atoms with E-state index in [1.165, 1.54) is 0 Å². The number of hydrogen-bond donors (Lipinski definition) is 0. The Balaban J connectivity index is 1.88. The molecule has 1 aliphatic heterocycles. The zero-order valence-electron chi connectivity index (χ0n) is 11.8. The zero-order valence-corrected chi connectivity index (χ0v) is 11.8. The molecule has 18 heavy (non-hydrogen) atoms. The van der Waals surface area contributed by atoms with Gasteiger partial charge in [0.05, 0.1) is 0 Å². The van der Waals surface area contributed by atoms with Crippen molar-refractivity contribution in [3.63, 3.8) is 0 Å². The summed E-state index contributed by atoms with van der Waals surface area (Å²) in [6.45, 7) is 9.09. The van der Waals surface area contributed by atoms with Crippen molar-refractivity contribution in [2.24, 2.45) is 11.3 Å². The van der Waals surface area contributed by atoms with Gasteiger partial charge in [0.2, 0.25) is 0 Å². The summed E-state index contributed by atoms with van der Waals surface area (Å²) in [6.07, 6.45) is 2.34. The smallest absolute Gasteiger partial charge is 0.410 e. The number of amides is 1. The lowest BCUT2D eigenvalue weighted by molar-refractivity contribution is -0.145. The van der Waals surface area contributed by atoms with Crippen molar-refractivity contribution < 1.29 is 14.3 Å². The number of carbonyl (C=O) groups excluding carboxylic acids is 2. The summed E-state index contributed by atoms with van der Waals surface area (Å²) in [5.74, 6) is 0.555. The van der Waals surface area contributed by atoms with Gasteiger partial charge in [0.1, 0.15) is 11.4 Å². The number of likely N-dealkylation sites (tertiary alicyclic amines) is 1. The van der Waals surface area contributed by atoms with Gasteiger partial charge >= 0.3 is 6.09 Å². The summed E-state index contributed by atoms with van der Waals surface area (Å²) in [5.41, 5.74) is -0.262. The molecule has 1 saturated heterocycles. The number of carbonyl (C=O) groups is 2. The number of rotatable bonds is 0. The maximum Gasteiger partial charge on any atom is 0.410 e. The molecule has 0 N–H and O–H groups in total. The summed E-state index contributed by atoms with van der Waals surface area (Å²) in [5, 5.41) is 0. The van der Waals surface area contributed by atoms with Gasteiger partial charge in [0, 0.05) is 25.4 Å². The van der Waals surface area contributed by atoms with Gasteiger partial charge in [0.25, 0.3) is 0 Å². The van der Waals surface area contributed by atoms with Crippen molar-refractivity contribution in [1.29, 1.82) is 0 Å². The second-order valence-corrected chi connectivity index (χ2v) is 6.69.